The van der Waals surface area contributed by atoms with Gasteiger partial charge in [-0.25, -0.2) is 0 Å². The first kappa shape index (κ1) is 13.2. The van der Waals surface area contributed by atoms with Crippen LogP contribution >= 0.6 is 0 Å². The molecule has 100 valence electrons. The molecule has 0 unspecified atom stereocenters. The number of benzene rings is 2. The lowest BCUT2D eigenvalue weighted by Crippen LogP contribution is -2.19. The van der Waals surface area contributed by atoms with Crippen molar-refractivity contribution in [1.82, 2.24) is 5.32 Å². The monoisotopic (exact) mass is 259 g/mol. The number of amides is 1. The van der Waals surface area contributed by atoms with Gasteiger partial charge in [0.05, 0.1) is 20.6 Å². The van der Waals surface area contributed by atoms with E-state index < -0.39 is 0 Å². The molecule has 2 rings (SSSR count). The second-order valence-corrected chi connectivity index (χ2v) is 4.24. The van der Waals surface area contributed by atoms with Crippen LogP contribution in [0.15, 0.2) is 30.3 Å². The molecule has 2 aromatic carbocycles. The molecule has 0 saturated carbocycles. The van der Waals surface area contributed by atoms with E-state index in [0.717, 1.165) is 16.3 Å². The average molecular weight is 259 g/mol. The van der Waals surface area contributed by atoms with Gasteiger partial charge in [0.2, 0.25) is 5.91 Å². The summed E-state index contributed by atoms with van der Waals surface area (Å²) >= 11 is 0. The molecule has 0 aliphatic heterocycles. The third-order valence-electron chi connectivity index (χ3n) is 3.05. The van der Waals surface area contributed by atoms with Crippen LogP contribution in [-0.4, -0.2) is 27.2 Å². The van der Waals surface area contributed by atoms with Crippen molar-refractivity contribution in [3.05, 3.63) is 35.9 Å². The van der Waals surface area contributed by atoms with Crippen LogP contribution in [0.2, 0.25) is 0 Å². The van der Waals surface area contributed by atoms with Gasteiger partial charge < -0.3 is 14.8 Å². The number of carbonyl (C=O) groups is 1. The van der Waals surface area contributed by atoms with Crippen LogP contribution in [0.3, 0.4) is 0 Å². The van der Waals surface area contributed by atoms with Gasteiger partial charge in [0.25, 0.3) is 0 Å². The van der Waals surface area contributed by atoms with E-state index in [4.69, 9.17) is 9.47 Å². The Labute approximate surface area is 112 Å². The second-order valence-electron chi connectivity index (χ2n) is 4.24. The quantitative estimate of drug-likeness (QED) is 0.915. The zero-order chi connectivity index (χ0) is 13.8. The first-order valence-corrected chi connectivity index (χ1v) is 6.03. The van der Waals surface area contributed by atoms with Gasteiger partial charge in [-0.2, -0.15) is 0 Å². The predicted molar refractivity (Wildman–Crippen MR) is 74.8 cm³/mol. The Morgan fingerprint density at radius 1 is 1.05 bits per heavy atom. The molecule has 0 aliphatic rings. The fraction of sp³-hybridized carbons (Fsp3) is 0.267. The highest BCUT2D eigenvalue weighted by Crippen LogP contribution is 2.32. The minimum absolute atomic E-state index is 0.000160. The van der Waals surface area contributed by atoms with E-state index in [1.165, 1.54) is 0 Å². The topological polar surface area (TPSA) is 47.6 Å². The molecule has 0 aliphatic carbocycles. The smallest absolute Gasteiger partial charge is 0.224 e. The fourth-order valence-electron chi connectivity index (χ4n) is 2.01. The summed E-state index contributed by atoms with van der Waals surface area (Å²) in [5.74, 6) is 1.39. The molecule has 0 aromatic heterocycles. The molecule has 4 heteroatoms. The van der Waals surface area contributed by atoms with E-state index in [-0.39, 0.29) is 5.91 Å². The van der Waals surface area contributed by atoms with E-state index in [0.29, 0.717) is 17.9 Å². The highest BCUT2D eigenvalue weighted by molar-refractivity contribution is 5.88. The van der Waals surface area contributed by atoms with Crippen LogP contribution in [0.25, 0.3) is 10.8 Å². The van der Waals surface area contributed by atoms with Gasteiger partial charge in [-0.3, -0.25) is 4.79 Å². The van der Waals surface area contributed by atoms with Crippen molar-refractivity contribution in [2.75, 3.05) is 21.3 Å². The van der Waals surface area contributed by atoms with Crippen LogP contribution < -0.4 is 14.8 Å². The molecule has 0 spiro atoms. The Kier molecular flexibility index (Phi) is 3.90. The zero-order valence-electron chi connectivity index (χ0n) is 11.3. The summed E-state index contributed by atoms with van der Waals surface area (Å²) in [6, 6.07) is 9.77. The molecule has 0 atom stereocenters. The molecule has 0 bridgehead atoms. The highest BCUT2D eigenvalue weighted by atomic mass is 16.5. The fourth-order valence-corrected chi connectivity index (χ4v) is 2.01. The normalized spacial score (nSPS) is 10.3. The Morgan fingerprint density at radius 2 is 1.68 bits per heavy atom. The summed E-state index contributed by atoms with van der Waals surface area (Å²) in [4.78, 5) is 11.4. The maximum atomic E-state index is 11.4. The SMILES string of the molecule is CNC(=O)Cc1ccc2cc(OC)c(OC)cc2c1. The summed E-state index contributed by atoms with van der Waals surface area (Å²) < 4.78 is 10.5. The lowest BCUT2D eigenvalue weighted by atomic mass is 10.0. The van der Waals surface area contributed by atoms with Crippen molar-refractivity contribution in [2.45, 2.75) is 6.42 Å². The number of carbonyl (C=O) groups excluding carboxylic acids is 1. The summed E-state index contributed by atoms with van der Waals surface area (Å²) in [5.41, 5.74) is 0.971. The first-order chi connectivity index (χ1) is 9.17. The van der Waals surface area contributed by atoms with Crippen LogP contribution in [-0.2, 0) is 11.2 Å². The van der Waals surface area contributed by atoms with Crippen molar-refractivity contribution in [3.8, 4) is 11.5 Å². The molecule has 0 saturated heterocycles. The summed E-state index contributed by atoms with van der Waals surface area (Å²) in [6.45, 7) is 0. The van der Waals surface area contributed by atoms with Crippen molar-refractivity contribution >= 4 is 16.7 Å². The zero-order valence-corrected chi connectivity index (χ0v) is 11.3. The van der Waals surface area contributed by atoms with Crippen LogP contribution in [0.4, 0.5) is 0 Å². The van der Waals surface area contributed by atoms with E-state index >= 15 is 0 Å². The van der Waals surface area contributed by atoms with Gasteiger partial charge in [0.15, 0.2) is 11.5 Å². The maximum Gasteiger partial charge on any atom is 0.224 e. The van der Waals surface area contributed by atoms with E-state index in [1.54, 1.807) is 21.3 Å². The van der Waals surface area contributed by atoms with Gasteiger partial charge in [-0.1, -0.05) is 18.2 Å². The lowest BCUT2D eigenvalue weighted by Gasteiger charge is -2.10. The minimum Gasteiger partial charge on any atom is -0.493 e. The second kappa shape index (κ2) is 5.61. The van der Waals surface area contributed by atoms with Gasteiger partial charge in [-0.15, -0.1) is 0 Å². The number of ether oxygens (including phenoxy) is 2. The number of hydrogen-bond acceptors (Lipinski definition) is 3. The Morgan fingerprint density at radius 3 is 2.26 bits per heavy atom. The van der Waals surface area contributed by atoms with Gasteiger partial charge in [-0.05, 0) is 28.5 Å². The van der Waals surface area contributed by atoms with Crippen LogP contribution in [0.5, 0.6) is 11.5 Å². The Hall–Kier alpha value is -2.23. The molecular weight excluding hydrogens is 242 g/mol. The molecule has 0 fully saturated rings. The molecule has 19 heavy (non-hydrogen) atoms. The average Bonchev–Trinajstić information content (AvgIpc) is 2.45. The number of likely N-dealkylation sites (N-methyl/N-ethyl adjacent to an activating group) is 1. The van der Waals surface area contributed by atoms with Crippen LogP contribution in [0.1, 0.15) is 5.56 Å². The largest absolute Gasteiger partial charge is 0.493 e. The number of fused-ring (bicyclic) bond motifs is 1. The van der Waals surface area contributed by atoms with Crippen molar-refractivity contribution < 1.29 is 14.3 Å². The number of nitrogens with one attached hydrogen (secondary N) is 1. The number of hydrogen-bond donors (Lipinski definition) is 1. The Bertz CT molecular complexity index is 608. The molecule has 0 radical (unpaired) electrons. The molecule has 1 N–H and O–H groups in total. The third-order valence-corrected chi connectivity index (χ3v) is 3.05. The lowest BCUT2D eigenvalue weighted by molar-refractivity contribution is -0.119. The number of methoxy groups -OCH3 is 2. The van der Waals surface area contributed by atoms with E-state index in [2.05, 4.69) is 5.32 Å². The maximum absolute atomic E-state index is 11.4. The van der Waals surface area contributed by atoms with Gasteiger partial charge >= 0.3 is 0 Å². The third kappa shape index (κ3) is 2.78. The summed E-state index contributed by atoms with van der Waals surface area (Å²) in [6.07, 6.45) is 0.376. The summed E-state index contributed by atoms with van der Waals surface area (Å²) in [7, 11) is 4.86. The molecule has 2 aromatic rings. The first-order valence-electron chi connectivity index (χ1n) is 6.03. The van der Waals surface area contributed by atoms with Crippen molar-refractivity contribution in [2.24, 2.45) is 0 Å². The summed E-state index contributed by atoms with van der Waals surface area (Å²) in [5, 5.41) is 4.70. The highest BCUT2D eigenvalue weighted by Gasteiger charge is 2.07. The van der Waals surface area contributed by atoms with E-state index in [9.17, 15) is 4.79 Å². The minimum atomic E-state index is -0.000160. The van der Waals surface area contributed by atoms with Gasteiger partial charge in [0, 0.05) is 7.05 Å². The standard InChI is InChI=1S/C15H17NO3/c1-16-15(17)7-10-4-5-11-8-13(18-2)14(19-3)9-12(11)6-10/h4-6,8-9H,7H2,1-3H3,(H,16,17). The van der Waals surface area contributed by atoms with Gasteiger partial charge in [0.1, 0.15) is 0 Å². The van der Waals surface area contributed by atoms with Crippen molar-refractivity contribution in [3.63, 3.8) is 0 Å². The Balaban J connectivity index is 2.44. The predicted octanol–water partition coefficient (Wildman–Crippen LogP) is 2.15. The molecule has 4 nitrogen and oxygen atoms in total. The van der Waals surface area contributed by atoms with Crippen LogP contribution in [0, 0.1) is 0 Å². The van der Waals surface area contributed by atoms with E-state index in [1.807, 2.05) is 30.3 Å². The molecule has 0 heterocycles. The number of rotatable bonds is 4. The molecular formula is C15H17NO3. The van der Waals surface area contributed by atoms with Crippen molar-refractivity contribution in [1.29, 1.82) is 0 Å². The molecule has 1 amide bonds.